The summed E-state index contributed by atoms with van der Waals surface area (Å²) >= 11 is 0. The standard InChI is InChI=1S/C34H41N3O6/c1-21-26-11-7-6-10-24(26)18-27(21)32(40)35-19-30(38)36-29(17-23-12-14-25(42-3)15-13-23)33(41)37-28(16-22-8-4-5-9-22)31(39)34(2)20-43-34/h6-7,10-15,22,28-29H,4-5,8-9,16-20H2,1-3H3,(H,35,40)(H,36,38)(H,37,41)/t28-,29-,34-/m0/s1. The Bertz CT molecular complexity index is 1410. The summed E-state index contributed by atoms with van der Waals surface area (Å²) in [5.74, 6) is -0.334. The number of hydrogen-bond acceptors (Lipinski definition) is 6. The number of carbonyl (C=O) groups is 4. The first-order chi connectivity index (χ1) is 20.7. The van der Waals surface area contributed by atoms with Crippen LogP contribution in [-0.2, 0) is 36.8 Å². The number of hydrogen-bond donors (Lipinski definition) is 3. The molecule has 43 heavy (non-hydrogen) atoms. The molecular weight excluding hydrogens is 546 g/mol. The van der Waals surface area contributed by atoms with Crippen molar-refractivity contribution < 1.29 is 28.7 Å². The molecule has 3 atom stereocenters. The van der Waals surface area contributed by atoms with Gasteiger partial charge in [0.1, 0.15) is 17.4 Å². The van der Waals surface area contributed by atoms with Gasteiger partial charge in [0.25, 0.3) is 0 Å². The molecule has 3 N–H and O–H groups in total. The van der Waals surface area contributed by atoms with E-state index in [4.69, 9.17) is 9.47 Å². The second-order valence-corrected chi connectivity index (χ2v) is 12.1. The lowest BCUT2D eigenvalue weighted by Crippen LogP contribution is -2.55. The fraction of sp³-hybridized carbons (Fsp3) is 0.471. The molecule has 0 spiro atoms. The number of amides is 3. The molecule has 3 aliphatic rings. The third kappa shape index (κ3) is 7.33. The molecule has 2 aromatic carbocycles. The van der Waals surface area contributed by atoms with Crippen LogP contribution < -0.4 is 20.7 Å². The average molecular weight is 588 g/mol. The van der Waals surface area contributed by atoms with Gasteiger partial charge in [-0.2, -0.15) is 0 Å². The fourth-order valence-corrected chi connectivity index (χ4v) is 6.20. The minimum absolute atomic E-state index is 0.129. The van der Waals surface area contributed by atoms with E-state index in [2.05, 4.69) is 16.0 Å². The number of benzene rings is 2. The third-order valence-corrected chi connectivity index (χ3v) is 8.95. The van der Waals surface area contributed by atoms with E-state index in [1.54, 1.807) is 26.2 Å². The Morgan fingerprint density at radius 3 is 2.35 bits per heavy atom. The molecule has 5 rings (SSSR count). The molecule has 0 radical (unpaired) electrons. The van der Waals surface area contributed by atoms with Gasteiger partial charge in [-0.1, -0.05) is 62.1 Å². The average Bonchev–Trinajstić information content (AvgIpc) is 3.39. The Hall–Kier alpha value is -3.98. The van der Waals surface area contributed by atoms with Crippen LogP contribution in [0.5, 0.6) is 5.75 Å². The van der Waals surface area contributed by atoms with Gasteiger partial charge in [-0.15, -0.1) is 0 Å². The molecule has 0 aromatic heterocycles. The van der Waals surface area contributed by atoms with E-state index in [0.29, 0.717) is 36.7 Å². The smallest absolute Gasteiger partial charge is 0.248 e. The lowest BCUT2D eigenvalue weighted by Gasteiger charge is -2.26. The first kappa shape index (κ1) is 30.5. The first-order valence-electron chi connectivity index (χ1n) is 15.1. The number of nitrogens with one attached hydrogen (secondary N) is 3. The molecule has 228 valence electrons. The molecule has 9 heteroatoms. The van der Waals surface area contributed by atoms with Crippen LogP contribution in [0, 0.1) is 5.92 Å². The third-order valence-electron chi connectivity index (χ3n) is 8.95. The van der Waals surface area contributed by atoms with Gasteiger partial charge in [-0.25, -0.2) is 0 Å². The van der Waals surface area contributed by atoms with E-state index in [-0.39, 0.29) is 24.7 Å². The van der Waals surface area contributed by atoms with Crippen LogP contribution in [0.1, 0.15) is 62.6 Å². The summed E-state index contributed by atoms with van der Waals surface area (Å²) in [7, 11) is 1.58. The van der Waals surface area contributed by atoms with Crippen molar-refractivity contribution in [2.75, 3.05) is 20.3 Å². The summed E-state index contributed by atoms with van der Waals surface area (Å²) in [6.45, 7) is 3.72. The van der Waals surface area contributed by atoms with Crippen molar-refractivity contribution in [2.45, 2.75) is 76.5 Å². The predicted octanol–water partition coefficient (Wildman–Crippen LogP) is 3.29. The van der Waals surface area contributed by atoms with Crippen LogP contribution in [0.15, 0.2) is 54.1 Å². The minimum Gasteiger partial charge on any atom is -0.497 e. The molecule has 1 saturated heterocycles. The van der Waals surface area contributed by atoms with Crippen LogP contribution >= 0.6 is 0 Å². The highest BCUT2D eigenvalue weighted by atomic mass is 16.6. The number of carbonyl (C=O) groups excluding carboxylic acids is 4. The highest BCUT2D eigenvalue weighted by Gasteiger charge is 2.50. The number of ether oxygens (including phenoxy) is 2. The van der Waals surface area contributed by atoms with Gasteiger partial charge in [0.15, 0.2) is 5.78 Å². The number of Topliss-reactive ketones (excluding diaryl/α,β-unsaturated/α-hetero) is 1. The molecule has 2 aromatic rings. The Kier molecular flexibility index (Phi) is 9.30. The summed E-state index contributed by atoms with van der Waals surface area (Å²) in [6.07, 6.45) is 5.58. The van der Waals surface area contributed by atoms with E-state index in [1.807, 2.05) is 43.3 Å². The van der Waals surface area contributed by atoms with Gasteiger partial charge >= 0.3 is 0 Å². The Morgan fingerprint density at radius 2 is 1.70 bits per heavy atom. The first-order valence-corrected chi connectivity index (χ1v) is 15.1. The molecule has 1 heterocycles. The van der Waals surface area contributed by atoms with Gasteiger partial charge < -0.3 is 25.4 Å². The summed E-state index contributed by atoms with van der Waals surface area (Å²) in [5, 5.41) is 8.49. The number of allylic oxidation sites excluding steroid dienone is 1. The molecular formula is C34H41N3O6. The van der Waals surface area contributed by atoms with Gasteiger partial charge in [0.2, 0.25) is 17.7 Å². The van der Waals surface area contributed by atoms with Crippen molar-refractivity contribution in [3.05, 3.63) is 70.8 Å². The van der Waals surface area contributed by atoms with Crippen LogP contribution in [0.4, 0.5) is 0 Å². The Labute approximate surface area is 252 Å². The van der Waals surface area contributed by atoms with Crippen LogP contribution in [0.25, 0.3) is 5.57 Å². The maximum atomic E-state index is 13.7. The molecule has 1 saturated carbocycles. The van der Waals surface area contributed by atoms with Crippen molar-refractivity contribution in [2.24, 2.45) is 5.92 Å². The van der Waals surface area contributed by atoms with E-state index in [9.17, 15) is 19.2 Å². The number of epoxide rings is 1. The van der Waals surface area contributed by atoms with E-state index in [0.717, 1.165) is 47.9 Å². The molecule has 1 aliphatic heterocycles. The second-order valence-electron chi connectivity index (χ2n) is 12.1. The summed E-state index contributed by atoms with van der Waals surface area (Å²) in [5.41, 5.74) is 3.59. The van der Waals surface area contributed by atoms with Crippen molar-refractivity contribution in [3.63, 3.8) is 0 Å². The topological polar surface area (TPSA) is 126 Å². The van der Waals surface area contributed by atoms with Crippen molar-refractivity contribution >= 4 is 29.1 Å². The monoisotopic (exact) mass is 587 g/mol. The number of ketones is 1. The van der Waals surface area contributed by atoms with Gasteiger partial charge in [-0.3, -0.25) is 19.2 Å². The summed E-state index contributed by atoms with van der Waals surface area (Å²) in [4.78, 5) is 53.2. The maximum Gasteiger partial charge on any atom is 0.248 e. The lowest BCUT2D eigenvalue weighted by molar-refractivity contribution is -0.133. The normalized spacial score (nSPS) is 20.6. The van der Waals surface area contributed by atoms with Crippen molar-refractivity contribution in [3.8, 4) is 5.75 Å². The highest BCUT2D eigenvalue weighted by molar-refractivity contribution is 6.05. The highest BCUT2D eigenvalue weighted by Crippen LogP contribution is 2.34. The maximum absolute atomic E-state index is 13.7. The molecule has 9 nitrogen and oxygen atoms in total. The van der Waals surface area contributed by atoms with E-state index in [1.165, 1.54) is 0 Å². The fourth-order valence-electron chi connectivity index (χ4n) is 6.20. The molecule has 0 bridgehead atoms. The number of rotatable bonds is 13. The van der Waals surface area contributed by atoms with Gasteiger partial charge in [-0.05, 0) is 60.6 Å². The quantitative estimate of drug-likeness (QED) is 0.309. The largest absolute Gasteiger partial charge is 0.497 e. The zero-order chi connectivity index (χ0) is 30.6. The molecule has 2 fully saturated rings. The van der Waals surface area contributed by atoms with Crippen molar-refractivity contribution in [1.82, 2.24) is 16.0 Å². The Morgan fingerprint density at radius 1 is 1.00 bits per heavy atom. The van der Waals surface area contributed by atoms with Crippen LogP contribution in [-0.4, -0.2) is 61.5 Å². The second kappa shape index (κ2) is 13.1. The zero-order valence-corrected chi connectivity index (χ0v) is 25.2. The van der Waals surface area contributed by atoms with E-state index >= 15 is 0 Å². The predicted molar refractivity (Wildman–Crippen MR) is 162 cm³/mol. The summed E-state index contributed by atoms with van der Waals surface area (Å²) in [6, 6.07) is 13.5. The molecule has 2 aliphatic carbocycles. The zero-order valence-electron chi connectivity index (χ0n) is 25.2. The number of fused-ring (bicyclic) bond motifs is 1. The summed E-state index contributed by atoms with van der Waals surface area (Å²) < 4.78 is 10.7. The minimum atomic E-state index is -0.957. The van der Waals surface area contributed by atoms with Crippen LogP contribution in [0.2, 0.25) is 0 Å². The molecule has 0 unspecified atom stereocenters. The Balaban J connectivity index is 1.26. The van der Waals surface area contributed by atoms with Crippen LogP contribution in [0.3, 0.4) is 0 Å². The van der Waals surface area contributed by atoms with E-state index < -0.39 is 29.5 Å². The number of methoxy groups -OCH3 is 1. The van der Waals surface area contributed by atoms with Gasteiger partial charge in [0.05, 0.1) is 26.3 Å². The molecule has 3 amide bonds. The lowest BCUT2D eigenvalue weighted by atomic mass is 9.90. The van der Waals surface area contributed by atoms with Gasteiger partial charge in [0, 0.05) is 18.4 Å². The van der Waals surface area contributed by atoms with Crippen molar-refractivity contribution in [1.29, 1.82) is 0 Å². The SMILES string of the molecule is COc1ccc(C[C@H](NC(=O)CNC(=O)C2=C(C)c3ccccc3C2)C(=O)N[C@@H](CC2CCCC2)C(=O)[C@]2(C)CO2)cc1.